The van der Waals surface area contributed by atoms with Crippen molar-refractivity contribution >= 4 is 5.91 Å². The monoisotopic (exact) mass is 371 g/mol. The molecule has 142 valence electrons. The van der Waals surface area contributed by atoms with Crippen LogP contribution in [0.1, 0.15) is 32.6 Å². The van der Waals surface area contributed by atoms with Crippen molar-refractivity contribution in [3.05, 3.63) is 101 Å². The zero-order valence-corrected chi connectivity index (χ0v) is 16.2. The van der Waals surface area contributed by atoms with Gasteiger partial charge in [-0.2, -0.15) is 0 Å². The summed E-state index contributed by atoms with van der Waals surface area (Å²) in [4.78, 5) is 15.0. The van der Waals surface area contributed by atoms with Crippen molar-refractivity contribution in [1.82, 2.24) is 4.90 Å². The quantitative estimate of drug-likeness (QED) is 0.644. The maximum absolute atomic E-state index is 13.2. The lowest BCUT2D eigenvalue weighted by Crippen LogP contribution is -2.31. The number of fused-ring (bicyclic) bond motifs is 1. The molecular weight excluding hydrogens is 346 g/mol. The van der Waals surface area contributed by atoms with Crippen LogP contribution < -0.4 is 4.74 Å². The summed E-state index contributed by atoms with van der Waals surface area (Å²) in [5, 5.41) is 0. The van der Waals surface area contributed by atoms with E-state index in [1.165, 1.54) is 11.1 Å². The number of benzene rings is 3. The number of ether oxygens (including phenoxy) is 1. The van der Waals surface area contributed by atoms with Gasteiger partial charge in [0.15, 0.2) is 0 Å². The maximum Gasteiger partial charge on any atom is 0.258 e. The lowest BCUT2D eigenvalue weighted by molar-refractivity contribution is 0.0743. The molecule has 28 heavy (non-hydrogen) atoms. The highest BCUT2D eigenvalue weighted by Gasteiger charge is 2.24. The van der Waals surface area contributed by atoms with Crippen molar-refractivity contribution in [2.75, 3.05) is 13.2 Å². The third-order valence-corrected chi connectivity index (χ3v) is 5.22. The Labute approximate surface area is 166 Å². The zero-order valence-electron chi connectivity index (χ0n) is 16.2. The number of rotatable bonds is 5. The van der Waals surface area contributed by atoms with Crippen LogP contribution in [0.25, 0.3) is 0 Å². The van der Waals surface area contributed by atoms with Gasteiger partial charge in [-0.3, -0.25) is 4.79 Å². The van der Waals surface area contributed by atoms with E-state index in [1.807, 2.05) is 35.2 Å². The van der Waals surface area contributed by atoms with E-state index in [-0.39, 0.29) is 5.91 Å². The Morgan fingerprint density at radius 3 is 2.36 bits per heavy atom. The van der Waals surface area contributed by atoms with E-state index in [2.05, 4.69) is 49.4 Å². The number of amides is 1. The Morgan fingerprint density at radius 2 is 1.57 bits per heavy atom. The van der Waals surface area contributed by atoms with Gasteiger partial charge in [-0.1, -0.05) is 66.2 Å². The van der Waals surface area contributed by atoms with Crippen LogP contribution >= 0.6 is 0 Å². The van der Waals surface area contributed by atoms with Gasteiger partial charge < -0.3 is 9.64 Å². The van der Waals surface area contributed by atoms with Crippen LogP contribution in [0.5, 0.6) is 5.75 Å². The van der Waals surface area contributed by atoms with Crippen molar-refractivity contribution < 1.29 is 9.53 Å². The van der Waals surface area contributed by atoms with Gasteiger partial charge in [0.25, 0.3) is 5.91 Å². The van der Waals surface area contributed by atoms with Crippen molar-refractivity contribution in [3.8, 4) is 5.75 Å². The summed E-state index contributed by atoms with van der Waals surface area (Å²) < 4.78 is 5.86. The Kier molecular flexibility index (Phi) is 5.43. The van der Waals surface area contributed by atoms with Gasteiger partial charge in [0.2, 0.25) is 0 Å². The van der Waals surface area contributed by atoms with Crippen LogP contribution in [0.3, 0.4) is 0 Å². The second kappa shape index (κ2) is 8.30. The van der Waals surface area contributed by atoms with Crippen LogP contribution in [0.15, 0.2) is 72.8 Å². The van der Waals surface area contributed by atoms with E-state index < -0.39 is 0 Å². The first-order chi connectivity index (χ1) is 13.7. The molecule has 0 bridgehead atoms. The van der Waals surface area contributed by atoms with Crippen molar-refractivity contribution in [2.45, 2.75) is 26.3 Å². The van der Waals surface area contributed by atoms with Crippen molar-refractivity contribution in [2.24, 2.45) is 0 Å². The molecule has 3 heteroatoms. The first-order valence-electron chi connectivity index (χ1n) is 9.83. The lowest BCUT2D eigenvalue weighted by Gasteiger charge is -2.20. The average Bonchev–Trinajstić information content (AvgIpc) is 2.87. The van der Waals surface area contributed by atoms with E-state index >= 15 is 0 Å². The third kappa shape index (κ3) is 4.25. The molecule has 1 aliphatic heterocycles. The summed E-state index contributed by atoms with van der Waals surface area (Å²) in [6.07, 6.45) is 1.87. The molecule has 0 fully saturated rings. The first kappa shape index (κ1) is 18.3. The summed E-state index contributed by atoms with van der Waals surface area (Å²) in [5.41, 5.74) is 5.56. The predicted octanol–water partition coefficient (Wildman–Crippen LogP) is 4.82. The molecule has 3 aromatic carbocycles. The lowest BCUT2D eigenvalue weighted by atomic mass is 10.0. The Balaban J connectivity index is 1.51. The Hall–Kier alpha value is -3.07. The fourth-order valence-corrected chi connectivity index (χ4v) is 3.56. The Morgan fingerprint density at radius 1 is 0.857 bits per heavy atom. The SMILES string of the molecule is Cc1ccc(CCc2ccc3c(c2)C(=O)N(Cc2ccccc2)CCO3)cc1. The fourth-order valence-electron chi connectivity index (χ4n) is 3.56. The van der Waals surface area contributed by atoms with E-state index in [1.54, 1.807) is 0 Å². The molecule has 0 aromatic heterocycles. The van der Waals surface area contributed by atoms with E-state index in [0.717, 1.165) is 24.0 Å². The molecule has 0 aliphatic carbocycles. The predicted molar refractivity (Wildman–Crippen MR) is 112 cm³/mol. The molecule has 3 aromatic rings. The zero-order chi connectivity index (χ0) is 19.3. The molecule has 0 atom stereocenters. The van der Waals surface area contributed by atoms with Gasteiger partial charge in [0.05, 0.1) is 12.1 Å². The van der Waals surface area contributed by atoms with Gasteiger partial charge in [0, 0.05) is 6.54 Å². The minimum absolute atomic E-state index is 0.0496. The molecule has 0 unspecified atom stereocenters. The first-order valence-corrected chi connectivity index (χ1v) is 9.83. The highest BCUT2D eigenvalue weighted by Crippen LogP contribution is 2.26. The number of carbonyl (C=O) groups excluding carboxylic acids is 1. The summed E-state index contributed by atoms with van der Waals surface area (Å²) >= 11 is 0. The second-order valence-electron chi connectivity index (χ2n) is 7.38. The number of carbonyl (C=O) groups is 1. The second-order valence-corrected chi connectivity index (χ2v) is 7.38. The van der Waals surface area contributed by atoms with Gasteiger partial charge in [-0.25, -0.2) is 0 Å². The molecule has 1 heterocycles. The molecule has 0 N–H and O–H groups in total. The van der Waals surface area contributed by atoms with Crippen LogP contribution in [-0.4, -0.2) is 24.0 Å². The standard InChI is InChI=1S/C25H25NO2/c1-19-7-9-20(10-8-19)11-12-21-13-14-24-23(17-21)25(27)26(15-16-28-24)18-22-5-3-2-4-6-22/h2-10,13-14,17H,11-12,15-16,18H2,1H3. The van der Waals surface area contributed by atoms with Crippen molar-refractivity contribution in [3.63, 3.8) is 0 Å². The summed E-state index contributed by atoms with van der Waals surface area (Å²) in [7, 11) is 0. The molecule has 0 saturated carbocycles. The van der Waals surface area contributed by atoms with E-state index in [0.29, 0.717) is 31.0 Å². The number of aryl methyl sites for hydroxylation is 3. The Bertz CT molecular complexity index is 948. The largest absolute Gasteiger partial charge is 0.491 e. The molecule has 4 rings (SSSR count). The minimum Gasteiger partial charge on any atom is -0.491 e. The van der Waals surface area contributed by atoms with Crippen LogP contribution in [0, 0.1) is 6.92 Å². The average molecular weight is 371 g/mol. The highest BCUT2D eigenvalue weighted by molar-refractivity contribution is 5.97. The number of nitrogens with zero attached hydrogens (tertiary/aromatic N) is 1. The fraction of sp³-hybridized carbons (Fsp3) is 0.240. The van der Waals surface area contributed by atoms with Crippen LogP contribution in [0.2, 0.25) is 0 Å². The minimum atomic E-state index is 0.0496. The third-order valence-electron chi connectivity index (χ3n) is 5.22. The smallest absolute Gasteiger partial charge is 0.258 e. The number of hydrogen-bond acceptors (Lipinski definition) is 2. The molecular formula is C25H25NO2. The summed E-state index contributed by atoms with van der Waals surface area (Å²) in [6, 6.07) is 24.8. The highest BCUT2D eigenvalue weighted by atomic mass is 16.5. The molecule has 3 nitrogen and oxygen atoms in total. The normalized spacial score (nSPS) is 13.6. The van der Waals surface area contributed by atoms with Crippen LogP contribution in [0.4, 0.5) is 0 Å². The number of hydrogen-bond donors (Lipinski definition) is 0. The van der Waals surface area contributed by atoms with Gasteiger partial charge in [-0.05, 0) is 48.6 Å². The van der Waals surface area contributed by atoms with E-state index in [9.17, 15) is 4.79 Å². The van der Waals surface area contributed by atoms with Crippen LogP contribution in [-0.2, 0) is 19.4 Å². The van der Waals surface area contributed by atoms with E-state index in [4.69, 9.17) is 4.74 Å². The molecule has 0 saturated heterocycles. The maximum atomic E-state index is 13.2. The molecule has 0 radical (unpaired) electrons. The van der Waals surface area contributed by atoms with Gasteiger partial charge in [0.1, 0.15) is 12.4 Å². The molecule has 1 amide bonds. The molecule has 0 spiro atoms. The van der Waals surface area contributed by atoms with Crippen molar-refractivity contribution in [1.29, 1.82) is 0 Å². The van der Waals surface area contributed by atoms with Gasteiger partial charge >= 0.3 is 0 Å². The summed E-state index contributed by atoms with van der Waals surface area (Å²) in [5.74, 6) is 0.744. The molecule has 1 aliphatic rings. The topological polar surface area (TPSA) is 29.5 Å². The summed E-state index contributed by atoms with van der Waals surface area (Å²) in [6.45, 7) is 3.83. The van der Waals surface area contributed by atoms with Gasteiger partial charge in [-0.15, -0.1) is 0 Å².